The van der Waals surface area contributed by atoms with E-state index >= 15 is 0 Å². The van der Waals surface area contributed by atoms with Crippen LogP contribution in [0.3, 0.4) is 0 Å². The van der Waals surface area contributed by atoms with Gasteiger partial charge in [0.25, 0.3) is 0 Å². The molecule has 0 amide bonds. The molecule has 1 saturated heterocycles. The number of aryl methyl sites for hydroxylation is 1. The van der Waals surface area contributed by atoms with Gasteiger partial charge in [0.1, 0.15) is 6.10 Å². The second kappa shape index (κ2) is 9.19. The fraction of sp³-hybridized carbons (Fsp3) is 0.409. The maximum absolute atomic E-state index is 13.1. The molecular formula is C22H27NO5. The van der Waals surface area contributed by atoms with Gasteiger partial charge in [-0.1, -0.05) is 29.8 Å². The summed E-state index contributed by atoms with van der Waals surface area (Å²) in [5.41, 5.74) is 2.43. The van der Waals surface area contributed by atoms with E-state index in [1.807, 2.05) is 31.2 Å². The summed E-state index contributed by atoms with van der Waals surface area (Å²) in [7, 11) is 3.06. The lowest BCUT2D eigenvalue weighted by atomic mass is 9.92. The fourth-order valence-electron chi connectivity index (χ4n) is 3.52. The molecule has 6 heteroatoms. The van der Waals surface area contributed by atoms with Gasteiger partial charge in [-0.3, -0.25) is 9.69 Å². The number of Topliss-reactive ketones (excluding diaryl/α,β-unsaturated/α-hetero) is 1. The van der Waals surface area contributed by atoms with E-state index in [0.29, 0.717) is 43.4 Å². The molecule has 28 heavy (non-hydrogen) atoms. The predicted molar refractivity (Wildman–Crippen MR) is 106 cm³/mol. The Morgan fingerprint density at radius 3 is 2.29 bits per heavy atom. The van der Waals surface area contributed by atoms with Crippen molar-refractivity contribution in [3.05, 3.63) is 59.2 Å². The van der Waals surface area contributed by atoms with E-state index in [9.17, 15) is 9.90 Å². The Morgan fingerprint density at radius 2 is 1.68 bits per heavy atom. The summed E-state index contributed by atoms with van der Waals surface area (Å²) >= 11 is 0. The van der Waals surface area contributed by atoms with Crippen molar-refractivity contribution < 1.29 is 24.1 Å². The molecule has 1 fully saturated rings. The number of aliphatic hydroxyl groups excluding tert-OH is 1. The van der Waals surface area contributed by atoms with Crippen molar-refractivity contribution in [1.29, 1.82) is 0 Å². The second-order valence-corrected chi connectivity index (χ2v) is 6.88. The Hall–Kier alpha value is -2.41. The standard InChI is InChI=1S/C22H27NO5/c1-15-4-6-16(7-5-15)20(23-10-12-28-13-11-23)22(25)21(24)17-8-9-18(26-2)19(14-17)27-3/h4-9,14,20,22,25H,10-13H2,1-3H3/t20-,22-/m1/s1. The van der Waals surface area contributed by atoms with E-state index in [1.165, 1.54) is 7.11 Å². The highest BCUT2D eigenvalue weighted by molar-refractivity contribution is 6.00. The summed E-state index contributed by atoms with van der Waals surface area (Å²) in [4.78, 5) is 15.2. The molecule has 1 aliphatic rings. The smallest absolute Gasteiger partial charge is 0.193 e. The number of carbonyl (C=O) groups is 1. The van der Waals surface area contributed by atoms with Crippen LogP contribution >= 0.6 is 0 Å². The van der Waals surface area contributed by atoms with Crippen LogP contribution in [0.1, 0.15) is 27.5 Å². The molecule has 1 heterocycles. The first-order valence-electron chi connectivity index (χ1n) is 9.38. The van der Waals surface area contributed by atoms with E-state index in [-0.39, 0.29) is 5.78 Å². The van der Waals surface area contributed by atoms with Gasteiger partial charge in [0.2, 0.25) is 0 Å². The van der Waals surface area contributed by atoms with Crippen LogP contribution in [0.15, 0.2) is 42.5 Å². The van der Waals surface area contributed by atoms with Gasteiger partial charge in [0.15, 0.2) is 17.3 Å². The number of ether oxygens (including phenoxy) is 3. The molecule has 0 bridgehead atoms. The topological polar surface area (TPSA) is 68.2 Å². The van der Waals surface area contributed by atoms with Crippen LogP contribution in [0, 0.1) is 6.92 Å². The number of hydrogen-bond acceptors (Lipinski definition) is 6. The lowest BCUT2D eigenvalue weighted by Gasteiger charge is -2.37. The first kappa shape index (κ1) is 20.3. The van der Waals surface area contributed by atoms with Crippen LogP contribution in [-0.4, -0.2) is 62.4 Å². The van der Waals surface area contributed by atoms with Gasteiger partial charge >= 0.3 is 0 Å². The van der Waals surface area contributed by atoms with Gasteiger partial charge in [-0.25, -0.2) is 0 Å². The zero-order valence-electron chi connectivity index (χ0n) is 16.6. The number of hydrogen-bond donors (Lipinski definition) is 1. The number of carbonyl (C=O) groups excluding carboxylic acids is 1. The quantitative estimate of drug-likeness (QED) is 0.739. The Kier molecular flexibility index (Phi) is 6.67. The third kappa shape index (κ3) is 4.35. The maximum atomic E-state index is 13.1. The normalized spacial score (nSPS) is 17.0. The summed E-state index contributed by atoms with van der Waals surface area (Å²) in [6, 6.07) is 12.4. The molecule has 0 saturated carbocycles. The van der Waals surface area contributed by atoms with Crippen molar-refractivity contribution in [1.82, 2.24) is 4.90 Å². The van der Waals surface area contributed by atoms with Crippen LogP contribution in [0.5, 0.6) is 11.5 Å². The van der Waals surface area contributed by atoms with Gasteiger partial charge in [-0.15, -0.1) is 0 Å². The minimum Gasteiger partial charge on any atom is -0.493 e. The second-order valence-electron chi connectivity index (χ2n) is 6.88. The average molecular weight is 385 g/mol. The molecule has 1 N–H and O–H groups in total. The summed E-state index contributed by atoms with van der Waals surface area (Å²) in [5.74, 6) is 0.647. The van der Waals surface area contributed by atoms with E-state index < -0.39 is 12.1 Å². The number of ketones is 1. The summed E-state index contributed by atoms with van der Waals surface area (Å²) < 4.78 is 16.0. The largest absolute Gasteiger partial charge is 0.493 e. The predicted octanol–water partition coefficient (Wildman–Crippen LogP) is 2.63. The molecule has 150 valence electrons. The average Bonchev–Trinajstić information content (AvgIpc) is 2.74. The number of methoxy groups -OCH3 is 2. The maximum Gasteiger partial charge on any atom is 0.193 e. The number of benzene rings is 2. The molecule has 1 aliphatic heterocycles. The zero-order chi connectivity index (χ0) is 20.1. The summed E-state index contributed by atoms with van der Waals surface area (Å²) in [6.45, 7) is 4.50. The van der Waals surface area contributed by atoms with E-state index in [2.05, 4.69) is 4.90 Å². The molecule has 0 radical (unpaired) electrons. The molecule has 6 nitrogen and oxygen atoms in total. The monoisotopic (exact) mass is 385 g/mol. The van der Waals surface area contributed by atoms with Gasteiger partial charge in [-0.05, 0) is 30.7 Å². The first-order chi connectivity index (χ1) is 13.5. The van der Waals surface area contributed by atoms with Crippen molar-refractivity contribution in [3.8, 4) is 11.5 Å². The Labute approximate surface area is 165 Å². The van der Waals surface area contributed by atoms with Crippen LogP contribution in [-0.2, 0) is 4.74 Å². The van der Waals surface area contributed by atoms with Gasteiger partial charge in [-0.2, -0.15) is 0 Å². The zero-order valence-corrected chi connectivity index (χ0v) is 16.6. The molecule has 2 aromatic carbocycles. The van der Waals surface area contributed by atoms with Crippen LogP contribution in [0.4, 0.5) is 0 Å². The minimum absolute atomic E-state index is 0.349. The lowest BCUT2D eigenvalue weighted by Crippen LogP contribution is -2.46. The van der Waals surface area contributed by atoms with Crippen molar-refractivity contribution in [3.63, 3.8) is 0 Å². The molecule has 0 unspecified atom stereocenters. The van der Waals surface area contributed by atoms with Gasteiger partial charge in [0.05, 0.1) is 33.5 Å². The van der Waals surface area contributed by atoms with Gasteiger partial charge < -0.3 is 19.3 Å². The highest BCUT2D eigenvalue weighted by Gasteiger charge is 2.34. The highest BCUT2D eigenvalue weighted by atomic mass is 16.5. The number of morpholine rings is 1. The third-order valence-electron chi connectivity index (χ3n) is 5.09. The molecule has 0 aromatic heterocycles. The summed E-state index contributed by atoms with van der Waals surface area (Å²) in [6.07, 6.45) is -1.21. The van der Waals surface area contributed by atoms with Crippen LogP contribution in [0.2, 0.25) is 0 Å². The summed E-state index contributed by atoms with van der Waals surface area (Å²) in [5, 5.41) is 11.1. The SMILES string of the molecule is COc1ccc(C(=O)[C@H](O)[C@@H](c2ccc(C)cc2)N2CCOCC2)cc1OC. The van der Waals surface area contributed by atoms with Crippen LogP contribution in [0.25, 0.3) is 0 Å². The van der Waals surface area contributed by atoms with Crippen molar-refractivity contribution >= 4 is 5.78 Å². The Balaban J connectivity index is 1.92. The van der Waals surface area contributed by atoms with Gasteiger partial charge in [0, 0.05) is 18.7 Å². The van der Waals surface area contributed by atoms with Crippen molar-refractivity contribution in [2.24, 2.45) is 0 Å². The van der Waals surface area contributed by atoms with Crippen LogP contribution < -0.4 is 9.47 Å². The Bertz CT molecular complexity index is 799. The van der Waals surface area contributed by atoms with E-state index in [4.69, 9.17) is 14.2 Å². The molecule has 3 rings (SSSR count). The number of rotatable bonds is 7. The highest BCUT2D eigenvalue weighted by Crippen LogP contribution is 2.31. The number of nitrogens with zero attached hydrogens (tertiary/aromatic N) is 1. The Morgan fingerprint density at radius 1 is 1.04 bits per heavy atom. The van der Waals surface area contributed by atoms with E-state index in [1.54, 1.807) is 25.3 Å². The van der Waals surface area contributed by atoms with Crippen molar-refractivity contribution in [2.45, 2.75) is 19.1 Å². The first-order valence-corrected chi connectivity index (χ1v) is 9.38. The molecule has 2 atom stereocenters. The molecular weight excluding hydrogens is 358 g/mol. The van der Waals surface area contributed by atoms with E-state index in [0.717, 1.165) is 11.1 Å². The number of aliphatic hydroxyl groups is 1. The van der Waals surface area contributed by atoms with Crippen molar-refractivity contribution in [2.75, 3.05) is 40.5 Å². The molecule has 0 spiro atoms. The third-order valence-corrected chi connectivity index (χ3v) is 5.09. The molecule has 0 aliphatic carbocycles. The molecule has 2 aromatic rings. The lowest BCUT2D eigenvalue weighted by molar-refractivity contribution is -0.0173. The fourth-order valence-corrected chi connectivity index (χ4v) is 3.52. The minimum atomic E-state index is -1.21.